The number of carbonyl (C=O) groups excluding carboxylic acids is 2. The van der Waals surface area contributed by atoms with Crippen LogP contribution in [-0.4, -0.2) is 90.0 Å². The molecule has 1 amide bonds. The van der Waals surface area contributed by atoms with Gasteiger partial charge in [0.1, 0.15) is 23.7 Å². The van der Waals surface area contributed by atoms with E-state index in [4.69, 9.17) is 4.74 Å². The number of amides is 1. The molecule has 14 nitrogen and oxygen atoms in total. The number of pyridine rings is 1. The molecule has 1 saturated heterocycles. The van der Waals surface area contributed by atoms with E-state index in [1.807, 2.05) is 30.3 Å². The summed E-state index contributed by atoms with van der Waals surface area (Å²) in [7, 11) is 1.47. The summed E-state index contributed by atoms with van der Waals surface area (Å²) in [6.07, 6.45) is 3.94. The lowest BCUT2D eigenvalue weighted by Gasteiger charge is -2.48. The van der Waals surface area contributed by atoms with Crippen LogP contribution in [0.3, 0.4) is 0 Å². The van der Waals surface area contributed by atoms with Crippen LogP contribution in [0.15, 0.2) is 48.8 Å². The van der Waals surface area contributed by atoms with Crippen molar-refractivity contribution in [3.63, 3.8) is 0 Å². The van der Waals surface area contributed by atoms with Crippen molar-refractivity contribution in [1.82, 2.24) is 50.2 Å². The number of quaternary nitrogens is 1. The van der Waals surface area contributed by atoms with E-state index in [1.165, 1.54) is 19.5 Å². The largest absolute Gasteiger partial charge is 0.494 e. The maximum Gasteiger partial charge on any atom is 0.352 e. The highest BCUT2D eigenvalue weighted by Crippen LogP contribution is 2.36. The minimum absolute atomic E-state index is 0.158. The number of methoxy groups -OCH3 is 1. The molecular formula is C27H29N10O4+. The molecule has 14 heteroatoms. The Balaban J connectivity index is 1.22. The molecule has 0 aliphatic carbocycles. The van der Waals surface area contributed by atoms with Crippen molar-refractivity contribution >= 4 is 28.5 Å². The SMILES string of the molecule is COc1cnc(-c2cc(CO)[nH]n2)c2[nH]cc(C(=O)C(=O)NCC[N+]3(c4nnnn4-c4ccccc4)CC[C@@H]3C)c12. The molecule has 0 spiro atoms. The number of fused-ring (bicyclic) bond motifs is 1. The predicted octanol–water partition coefficient (Wildman–Crippen LogP) is 1.53. The van der Waals surface area contributed by atoms with Gasteiger partial charge in [-0.25, -0.2) is 4.98 Å². The summed E-state index contributed by atoms with van der Waals surface area (Å²) in [5.41, 5.74) is 2.94. The topological polar surface area (TPSA) is 177 Å². The van der Waals surface area contributed by atoms with Gasteiger partial charge in [0.15, 0.2) is 0 Å². The molecule has 5 heterocycles. The zero-order chi connectivity index (χ0) is 28.6. The van der Waals surface area contributed by atoms with Crippen molar-refractivity contribution in [2.75, 3.05) is 26.7 Å². The summed E-state index contributed by atoms with van der Waals surface area (Å²) >= 11 is 0. The van der Waals surface area contributed by atoms with Gasteiger partial charge in [-0.05, 0) is 35.5 Å². The Labute approximate surface area is 233 Å². The lowest BCUT2D eigenvalue weighted by molar-refractivity contribution is -0.117. The van der Waals surface area contributed by atoms with Crippen LogP contribution >= 0.6 is 0 Å². The summed E-state index contributed by atoms with van der Waals surface area (Å²) < 4.78 is 7.69. The summed E-state index contributed by atoms with van der Waals surface area (Å²) in [5.74, 6) is -0.407. The zero-order valence-electron chi connectivity index (χ0n) is 22.5. The number of ether oxygens (including phenoxy) is 1. The first-order chi connectivity index (χ1) is 20.0. The molecule has 1 unspecified atom stereocenters. The van der Waals surface area contributed by atoms with Crippen LogP contribution in [0, 0.1) is 0 Å². The van der Waals surface area contributed by atoms with E-state index < -0.39 is 11.7 Å². The molecule has 2 atom stereocenters. The first kappa shape index (κ1) is 26.3. The van der Waals surface area contributed by atoms with Crippen LogP contribution in [-0.2, 0) is 11.4 Å². The second-order valence-electron chi connectivity index (χ2n) is 9.99. The molecule has 1 fully saturated rings. The Hall–Kier alpha value is -4.95. The van der Waals surface area contributed by atoms with Crippen LogP contribution in [0.4, 0.5) is 5.95 Å². The lowest BCUT2D eigenvalue weighted by Crippen LogP contribution is -2.68. The Kier molecular flexibility index (Phi) is 6.77. The summed E-state index contributed by atoms with van der Waals surface area (Å²) in [5, 5.41) is 32.0. The quantitative estimate of drug-likeness (QED) is 0.113. The molecule has 1 aromatic carbocycles. The fourth-order valence-corrected chi connectivity index (χ4v) is 5.41. The molecule has 210 valence electrons. The zero-order valence-corrected chi connectivity index (χ0v) is 22.5. The minimum Gasteiger partial charge on any atom is -0.494 e. The van der Waals surface area contributed by atoms with Gasteiger partial charge in [-0.3, -0.25) is 19.2 Å². The van der Waals surface area contributed by atoms with Gasteiger partial charge in [-0.1, -0.05) is 23.3 Å². The Bertz CT molecular complexity index is 1730. The highest BCUT2D eigenvalue weighted by molar-refractivity contribution is 6.45. The highest BCUT2D eigenvalue weighted by Gasteiger charge is 2.49. The van der Waals surface area contributed by atoms with Gasteiger partial charge in [-0.15, -0.1) is 4.68 Å². The molecule has 0 radical (unpaired) electrons. The van der Waals surface area contributed by atoms with E-state index in [0.29, 0.717) is 50.7 Å². The molecule has 5 aromatic rings. The smallest absolute Gasteiger partial charge is 0.352 e. The van der Waals surface area contributed by atoms with E-state index in [-0.39, 0.29) is 24.8 Å². The van der Waals surface area contributed by atoms with Crippen LogP contribution < -0.4 is 14.5 Å². The molecule has 0 saturated carbocycles. The average Bonchev–Trinajstić information content (AvgIpc) is 3.78. The maximum absolute atomic E-state index is 13.4. The minimum atomic E-state index is -0.734. The van der Waals surface area contributed by atoms with Crippen molar-refractivity contribution in [2.45, 2.75) is 26.0 Å². The van der Waals surface area contributed by atoms with Gasteiger partial charge < -0.3 is 20.1 Å². The predicted molar refractivity (Wildman–Crippen MR) is 148 cm³/mol. The fraction of sp³-hybridized carbons (Fsp3) is 0.296. The number of carbonyl (C=O) groups is 2. The number of rotatable bonds is 10. The number of Topliss-reactive ketones (excluding diaryl/α,β-unsaturated/α-hetero) is 1. The summed E-state index contributed by atoms with van der Waals surface area (Å²) in [4.78, 5) is 33.9. The molecule has 1 aliphatic rings. The van der Waals surface area contributed by atoms with E-state index in [9.17, 15) is 14.7 Å². The molecule has 4 N–H and O–H groups in total. The number of ketones is 1. The Morgan fingerprint density at radius 3 is 2.78 bits per heavy atom. The molecule has 0 bridgehead atoms. The lowest BCUT2D eigenvalue weighted by atomic mass is 10.00. The Morgan fingerprint density at radius 1 is 1.27 bits per heavy atom. The van der Waals surface area contributed by atoms with Crippen LogP contribution in [0.25, 0.3) is 28.0 Å². The van der Waals surface area contributed by atoms with Crippen LogP contribution in [0.2, 0.25) is 0 Å². The maximum atomic E-state index is 13.4. The molecule has 1 aliphatic heterocycles. The van der Waals surface area contributed by atoms with Crippen molar-refractivity contribution in [2.24, 2.45) is 0 Å². The first-order valence-electron chi connectivity index (χ1n) is 13.2. The number of likely N-dealkylation sites (tertiary alicyclic amines) is 1. The number of aromatic nitrogens is 8. The number of aromatic amines is 2. The van der Waals surface area contributed by atoms with Crippen molar-refractivity contribution < 1.29 is 19.4 Å². The number of nitrogens with zero attached hydrogens (tertiary/aromatic N) is 7. The number of benzene rings is 1. The molecule has 6 rings (SSSR count). The molecule has 41 heavy (non-hydrogen) atoms. The van der Waals surface area contributed by atoms with Gasteiger partial charge >= 0.3 is 5.95 Å². The van der Waals surface area contributed by atoms with E-state index >= 15 is 0 Å². The number of hydrogen-bond donors (Lipinski definition) is 4. The van der Waals surface area contributed by atoms with Crippen molar-refractivity contribution in [3.8, 4) is 22.8 Å². The Morgan fingerprint density at radius 2 is 2.10 bits per heavy atom. The standard InChI is InChI=1S/C27H28N10O4/c1-16-8-10-37(16,27-33-34-35-36(27)18-6-4-3-5-7-18)11-9-28-26(40)25(39)19-13-29-24-22(19)21(41-2)14-30-23(24)20-12-17(15-38)31-32-20/h3-7,12-14,16,38H,8-11,15H2,1-2H3,(H2-,28,29,30,31,32,34,35,39,40)/p+1/t16-,37?/m0/s1. The van der Waals surface area contributed by atoms with Crippen LogP contribution in [0.5, 0.6) is 5.75 Å². The summed E-state index contributed by atoms with van der Waals surface area (Å²) in [6, 6.07) is 11.6. The third kappa shape index (κ3) is 4.42. The summed E-state index contributed by atoms with van der Waals surface area (Å²) in [6.45, 7) is 3.51. The van der Waals surface area contributed by atoms with Crippen molar-refractivity contribution in [3.05, 3.63) is 60.0 Å². The number of tetrazole rings is 1. The second kappa shape index (κ2) is 10.6. The molecule has 4 aromatic heterocycles. The van der Waals surface area contributed by atoms with E-state index in [1.54, 1.807) is 10.7 Å². The van der Waals surface area contributed by atoms with Crippen molar-refractivity contribution in [1.29, 1.82) is 0 Å². The number of H-pyrrole nitrogens is 2. The number of para-hydroxylation sites is 1. The third-order valence-electron chi connectivity index (χ3n) is 7.83. The first-order valence-corrected chi connectivity index (χ1v) is 13.2. The number of aliphatic hydroxyl groups excluding tert-OH is 1. The van der Waals surface area contributed by atoms with Gasteiger partial charge in [0.2, 0.25) is 0 Å². The molecular weight excluding hydrogens is 528 g/mol. The fourth-order valence-electron chi connectivity index (χ4n) is 5.41. The van der Waals surface area contributed by atoms with Crippen LogP contribution in [0.1, 0.15) is 29.4 Å². The highest BCUT2D eigenvalue weighted by atomic mass is 16.5. The third-order valence-corrected chi connectivity index (χ3v) is 7.83. The monoisotopic (exact) mass is 557 g/mol. The average molecular weight is 558 g/mol. The van der Waals surface area contributed by atoms with Gasteiger partial charge in [0.25, 0.3) is 11.7 Å². The number of hydrogen-bond acceptors (Lipinski definition) is 9. The van der Waals surface area contributed by atoms with Gasteiger partial charge in [0.05, 0.1) is 66.9 Å². The second-order valence-corrected chi connectivity index (χ2v) is 9.99. The number of aliphatic hydroxyl groups is 1. The van der Waals surface area contributed by atoms with Gasteiger partial charge in [-0.2, -0.15) is 5.10 Å². The normalized spacial score (nSPS) is 18.3. The number of nitrogens with one attached hydrogen (secondary N) is 3. The van der Waals surface area contributed by atoms with Gasteiger partial charge in [0, 0.05) is 12.6 Å². The van der Waals surface area contributed by atoms with E-state index in [0.717, 1.165) is 18.7 Å². The van der Waals surface area contributed by atoms with E-state index in [2.05, 4.69) is 47.9 Å².